The molecule has 2 N–H and O–H groups in total. The van der Waals surface area contributed by atoms with E-state index in [-0.39, 0.29) is 6.04 Å². The maximum Gasteiger partial charge on any atom is 0.120 e. The molecule has 0 heterocycles. The Bertz CT molecular complexity index is 289. The van der Waals surface area contributed by atoms with Crippen LogP contribution in [0.15, 0.2) is 24.3 Å². The van der Waals surface area contributed by atoms with Gasteiger partial charge in [0.05, 0.1) is 6.61 Å². The molecule has 0 amide bonds. The number of methoxy groups -OCH3 is 1. The fourth-order valence-electron chi connectivity index (χ4n) is 1.59. The van der Waals surface area contributed by atoms with Gasteiger partial charge in [-0.05, 0) is 12.5 Å². The molecule has 1 aromatic carbocycles. The van der Waals surface area contributed by atoms with Gasteiger partial charge < -0.3 is 15.2 Å². The van der Waals surface area contributed by atoms with Crippen molar-refractivity contribution in [2.45, 2.75) is 19.4 Å². The number of nitrogens with one attached hydrogen (secondary N) is 1. The van der Waals surface area contributed by atoms with Gasteiger partial charge in [0.1, 0.15) is 5.75 Å². The summed E-state index contributed by atoms with van der Waals surface area (Å²) in [5.41, 5.74) is 0.955. The average Bonchev–Trinajstić information content (AvgIpc) is 2.26. The lowest BCUT2D eigenvalue weighted by Crippen LogP contribution is -2.24. The molecular weight excluding hydrogens is 190 g/mol. The Labute approximate surface area is 91.1 Å². The van der Waals surface area contributed by atoms with Gasteiger partial charge in [0.25, 0.3) is 0 Å². The van der Waals surface area contributed by atoms with Crippen LogP contribution in [0.5, 0.6) is 5.75 Å². The minimum Gasteiger partial charge on any atom is -0.508 e. The van der Waals surface area contributed by atoms with Crippen molar-refractivity contribution in [1.82, 2.24) is 5.32 Å². The van der Waals surface area contributed by atoms with Gasteiger partial charge in [-0.25, -0.2) is 0 Å². The normalized spacial score (nSPS) is 12.7. The predicted molar refractivity (Wildman–Crippen MR) is 61.0 cm³/mol. The molecule has 0 aliphatic carbocycles. The van der Waals surface area contributed by atoms with Crippen molar-refractivity contribution in [2.75, 3.05) is 20.3 Å². The van der Waals surface area contributed by atoms with Gasteiger partial charge in [0, 0.05) is 25.3 Å². The van der Waals surface area contributed by atoms with E-state index < -0.39 is 0 Å². The summed E-state index contributed by atoms with van der Waals surface area (Å²) in [5.74, 6) is 0.356. The van der Waals surface area contributed by atoms with Crippen LogP contribution in [0.25, 0.3) is 0 Å². The van der Waals surface area contributed by atoms with Gasteiger partial charge in [-0.2, -0.15) is 0 Å². The van der Waals surface area contributed by atoms with Crippen LogP contribution in [-0.2, 0) is 4.74 Å². The third-order valence-electron chi connectivity index (χ3n) is 2.42. The molecule has 0 saturated heterocycles. The molecule has 1 atom stereocenters. The number of rotatable bonds is 6. The monoisotopic (exact) mass is 209 g/mol. The van der Waals surface area contributed by atoms with Crippen molar-refractivity contribution in [3.05, 3.63) is 29.8 Å². The standard InChI is InChI=1S/C12H19NO2/c1-3-11(13-8-9-15-2)10-6-4-5-7-12(10)14/h4-7,11,13-14H,3,8-9H2,1-2H3. The van der Waals surface area contributed by atoms with Crippen molar-refractivity contribution in [3.63, 3.8) is 0 Å². The number of hydrogen-bond donors (Lipinski definition) is 2. The van der Waals surface area contributed by atoms with Crippen LogP contribution in [0.1, 0.15) is 24.9 Å². The van der Waals surface area contributed by atoms with Crippen molar-refractivity contribution in [3.8, 4) is 5.75 Å². The largest absolute Gasteiger partial charge is 0.508 e. The summed E-state index contributed by atoms with van der Waals surface area (Å²) >= 11 is 0. The van der Waals surface area contributed by atoms with Gasteiger partial charge >= 0.3 is 0 Å². The van der Waals surface area contributed by atoms with Gasteiger partial charge in [-0.3, -0.25) is 0 Å². The molecule has 1 unspecified atom stereocenters. The second-order valence-corrected chi connectivity index (χ2v) is 3.47. The van der Waals surface area contributed by atoms with E-state index in [0.29, 0.717) is 12.4 Å². The SMILES string of the molecule is CCC(NCCOC)c1ccccc1O. The first-order valence-electron chi connectivity index (χ1n) is 5.29. The molecule has 15 heavy (non-hydrogen) atoms. The summed E-state index contributed by atoms with van der Waals surface area (Å²) in [6, 6.07) is 7.64. The first-order chi connectivity index (χ1) is 7.29. The Morgan fingerprint density at radius 3 is 2.73 bits per heavy atom. The first-order valence-corrected chi connectivity index (χ1v) is 5.29. The molecule has 0 aliphatic rings. The molecule has 0 aliphatic heterocycles. The minimum absolute atomic E-state index is 0.196. The number of benzene rings is 1. The van der Waals surface area contributed by atoms with Crippen molar-refractivity contribution >= 4 is 0 Å². The second-order valence-electron chi connectivity index (χ2n) is 3.47. The van der Waals surface area contributed by atoms with Gasteiger partial charge in [0.15, 0.2) is 0 Å². The summed E-state index contributed by atoms with van der Waals surface area (Å²) in [6.07, 6.45) is 0.946. The Morgan fingerprint density at radius 1 is 1.40 bits per heavy atom. The molecule has 0 aromatic heterocycles. The molecule has 0 bridgehead atoms. The predicted octanol–water partition coefficient (Wildman–Crippen LogP) is 2.08. The highest BCUT2D eigenvalue weighted by Crippen LogP contribution is 2.25. The van der Waals surface area contributed by atoms with E-state index >= 15 is 0 Å². The van der Waals surface area contributed by atoms with Crippen LogP contribution >= 0.6 is 0 Å². The van der Waals surface area contributed by atoms with E-state index in [2.05, 4.69) is 12.2 Å². The smallest absolute Gasteiger partial charge is 0.120 e. The lowest BCUT2D eigenvalue weighted by atomic mass is 10.0. The van der Waals surface area contributed by atoms with Crippen LogP contribution in [0.2, 0.25) is 0 Å². The van der Waals surface area contributed by atoms with Gasteiger partial charge in [-0.1, -0.05) is 25.1 Å². The Kier molecular flexibility index (Phi) is 5.15. The van der Waals surface area contributed by atoms with Crippen LogP contribution < -0.4 is 5.32 Å². The number of phenolic OH excluding ortho intramolecular Hbond substituents is 1. The molecule has 0 saturated carbocycles. The van der Waals surface area contributed by atoms with Crippen LogP contribution in [0, 0.1) is 0 Å². The molecule has 1 rings (SSSR count). The number of phenols is 1. The number of hydrogen-bond acceptors (Lipinski definition) is 3. The molecule has 3 heteroatoms. The lowest BCUT2D eigenvalue weighted by molar-refractivity contribution is 0.195. The number of para-hydroxylation sites is 1. The Balaban J connectivity index is 2.61. The van der Waals surface area contributed by atoms with Crippen LogP contribution in [0.4, 0.5) is 0 Å². The van der Waals surface area contributed by atoms with E-state index in [9.17, 15) is 5.11 Å². The lowest BCUT2D eigenvalue weighted by Gasteiger charge is -2.18. The zero-order valence-electron chi connectivity index (χ0n) is 9.36. The maximum atomic E-state index is 9.70. The summed E-state index contributed by atoms with van der Waals surface area (Å²) in [7, 11) is 1.68. The van der Waals surface area contributed by atoms with E-state index in [0.717, 1.165) is 18.5 Å². The molecule has 84 valence electrons. The average molecular weight is 209 g/mol. The first kappa shape index (κ1) is 12.0. The fraction of sp³-hybridized carbons (Fsp3) is 0.500. The van der Waals surface area contributed by atoms with E-state index in [1.54, 1.807) is 13.2 Å². The summed E-state index contributed by atoms with van der Waals surface area (Å²) in [4.78, 5) is 0. The van der Waals surface area contributed by atoms with Crippen molar-refractivity contribution in [2.24, 2.45) is 0 Å². The fourth-order valence-corrected chi connectivity index (χ4v) is 1.59. The molecule has 3 nitrogen and oxygen atoms in total. The molecule has 0 spiro atoms. The summed E-state index contributed by atoms with van der Waals surface area (Å²) < 4.78 is 4.98. The van der Waals surface area contributed by atoms with Crippen LogP contribution in [-0.4, -0.2) is 25.4 Å². The third-order valence-corrected chi connectivity index (χ3v) is 2.42. The van der Waals surface area contributed by atoms with Crippen LogP contribution in [0.3, 0.4) is 0 Å². The quantitative estimate of drug-likeness (QED) is 0.705. The molecule has 1 aromatic rings. The maximum absolute atomic E-state index is 9.70. The van der Waals surface area contributed by atoms with Crippen molar-refractivity contribution in [1.29, 1.82) is 0 Å². The second kappa shape index (κ2) is 6.43. The van der Waals surface area contributed by atoms with E-state index in [1.807, 2.05) is 18.2 Å². The van der Waals surface area contributed by atoms with Gasteiger partial charge in [-0.15, -0.1) is 0 Å². The van der Waals surface area contributed by atoms with E-state index in [4.69, 9.17) is 4.74 Å². The zero-order chi connectivity index (χ0) is 11.1. The van der Waals surface area contributed by atoms with E-state index in [1.165, 1.54) is 0 Å². The Hall–Kier alpha value is -1.06. The minimum atomic E-state index is 0.196. The molecular formula is C12H19NO2. The number of ether oxygens (including phenoxy) is 1. The third kappa shape index (κ3) is 3.53. The van der Waals surface area contributed by atoms with Crippen molar-refractivity contribution < 1.29 is 9.84 Å². The zero-order valence-corrected chi connectivity index (χ0v) is 9.36. The van der Waals surface area contributed by atoms with Gasteiger partial charge in [0.2, 0.25) is 0 Å². The Morgan fingerprint density at radius 2 is 2.13 bits per heavy atom. The summed E-state index contributed by atoms with van der Waals surface area (Å²) in [6.45, 7) is 3.57. The molecule has 0 fully saturated rings. The highest BCUT2D eigenvalue weighted by molar-refractivity contribution is 5.34. The number of aromatic hydroxyl groups is 1. The highest BCUT2D eigenvalue weighted by atomic mass is 16.5. The molecule has 0 radical (unpaired) electrons. The highest BCUT2D eigenvalue weighted by Gasteiger charge is 2.11. The summed E-state index contributed by atoms with van der Waals surface area (Å²) in [5, 5.41) is 13.0. The topological polar surface area (TPSA) is 41.5 Å².